The first-order valence-corrected chi connectivity index (χ1v) is 7.54. The minimum atomic E-state index is 0.319. The van der Waals surface area contributed by atoms with Gasteiger partial charge in [-0.25, -0.2) is 0 Å². The second kappa shape index (κ2) is 7.67. The summed E-state index contributed by atoms with van der Waals surface area (Å²) in [5.74, 6) is 0. The highest BCUT2D eigenvalue weighted by Crippen LogP contribution is 2.29. The van der Waals surface area contributed by atoms with E-state index in [1.807, 2.05) is 24.3 Å². The average molecular weight is 296 g/mol. The van der Waals surface area contributed by atoms with Gasteiger partial charge in [0.15, 0.2) is 5.22 Å². The van der Waals surface area contributed by atoms with Crippen molar-refractivity contribution in [1.29, 1.82) is 0 Å². The van der Waals surface area contributed by atoms with E-state index >= 15 is 0 Å². The maximum Gasteiger partial charge on any atom is 0.199 e. The van der Waals surface area contributed by atoms with Crippen molar-refractivity contribution >= 4 is 22.6 Å². The molecule has 110 valence electrons. The largest absolute Gasteiger partial charge is 0.444 e. The number of hydrogen-bond donors (Lipinski definition) is 1. The third-order valence-electron chi connectivity index (χ3n) is 3.15. The third kappa shape index (κ3) is 4.23. The van der Waals surface area contributed by atoms with Crippen LogP contribution in [0.2, 0.25) is 5.22 Å². The van der Waals surface area contributed by atoms with E-state index in [1.54, 1.807) is 0 Å². The number of hydrogen-bond acceptors (Lipinski definition) is 3. The summed E-state index contributed by atoms with van der Waals surface area (Å²) in [7, 11) is 0. The van der Waals surface area contributed by atoms with Gasteiger partial charge in [-0.2, -0.15) is 0 Å². The molecule has 0 fully saturated rings. The zero-order chi connectivity index (χ0) is 14.4. The summed E-state index contributed by atoms with van der Waals surface area (Å²) in [6, 6.07) is 7.93. The highest BCUT2D eigenvalue weighted by atomic mass is 35.5. The van der Waals surface area contributed by atoms with Crippen LogP contribution in [-0.4, -0.2) is 19.3 Å². The minimum Gasteiger partial charge on any atom is -0.444 e. The van der Waals surface area contributed by atoms with Crippen LogP contribution in [0.15, 0.2) is 28.7 Å². The lowest BCUT2D eigenvalue weighted by Gasteiger charge is -2.07. The van der Waals surface area contributed by atoms with E-state index in [1.165, 1.54) is 0 Å². The number of furan rings is 1. The molecule has 0 atom stereocenters. The van der Waals surface area contributed by atoms with Crippen LogP contribution in [0.3, 0.4) is 0 Å². The van der Waals surface area contributed by atoms with Gasteiger partial charge < -0.3 is 14.5 Å². The third-order valence-corrected chi connectivity index (χ3v) is 3.46. The van der Waals surface area contributed by atoms with Gasteiger partial charge in [0.25, 0.3) is 0 Å². The fourth-order valence-corrected chi connectivity index (χ4v) is 2.37. The number of halogens is 1. The molecule has 0 radical (unpaired) electrons. The molecule has 0 aliphatic carbocycles. The molecular formula is C16H22ClNO2. The van der Waals surface area contributed by atoms with Crippen molar-refractivity contribution in [3.05, 3.63) is 35.0 Å². The van der Waals surface area contributed by atoms with E-state index in [0.29, 0.717) is 11.3 Å². The minimum absolute atomic E-state index is 0.319. The molecule has 1 aromatic carbocycles. The second-order valence-corrected chi connectivity index (χ2v) is 5.50. The molecular weight excluding hydrogens is 274 g/mol. The van der Waals surface area contributed by atoms with Crippen molar-refractivity contribution in [2.45, 2.75) is 39.3 Å². The van der Waals surface area contributed by atoms with Gasteiger partial charge in [-0.05, 0) is 50.9 Å². The van der Waals surface area contributed by atoms with Gasteiger partial charge in [-0.1, -0.05) is 18.2 Å². The first-order valence-electron chi connectivity index (χ1n) is 7.16. The van der Waals surface area contributed by atoms with Gasteiger partial charge in [0, 0.05) is 24.1 Å². The molecule has 0 amide bonds. The number of ether oxygens (including phenoxy) is 1. The van der Waals surface area contributed by atoms with Gasteiger partial charge in [0.1, 0.15) is 5.58 Å². The van der Waals surface area contributed by atoms with E-state index in [9.17, 15) is 0 Å². The Hall–Kier alpha value is -1.03. The van der Waals surface area contributed by atoms with Crippen LogP contribution < -0.4 is 5.32 Å². The summed E-state index contributed by atoms with van der Waals surface area (Å²) < 4.78 is 11.0. The lowest BCUT2D eigenvalue weighted by atomic mass is 10.2. The van der Waals surface area contributed by atoms with Gasteiger partial charge in [0.2, 0.25) is 0 Å². The van der Waals surface area contributed by atoms with Crippen LogP contribution in [0.4, 0.5) is 0 Å². The number of fused-ring (bicyclic) bond motifs is 1. The van der Waals surface area contributed by atoms with Crippen LogP contribution >= 0.6 is 11.6 Å². The van der Waals surface area contributed by atoms with E-state index in [-0.39, 0.29) is 0 Å². The Balaban J connectivity index is 1.75. The van der Waals surface area contributed by atoms with Gasteiger partial charge in [-0.3, -0.25) is 0 Å². The number of nitrogens with one attached hydrogen (secondary N) is 1. The van der Waals surface area contributed by atoms with Crippen molar-refractivity contribution in [3.8, 4) is 0 Å². The lowest BCUT2D eigenvalue weighted by molar-refractivity contribution is 0.0760. The summed E-state index contributed by atoms with van der Waals surface area (Å²) in [6.07, 6.45) is 2.49. The fraction of sp³-hybridized carbons (Fsp3) is 0.500. The highest BCUT2D eigenvalue weighted by molar-refractivity contribution is 6.30. The number of para-hydroxylation sites is 1. The molecule has 0 saturated carbocycles. The molecule has 2 aromatic rings. The molecule has 0 spiro atoms. The fourth-order valence-electron chi connectivity index (χ4n) is 2.12. The Kier molecular flexibility index (Phi) is 5.89. The molecule has 1 aromatic heterocycles. The van der Waals surface area contributed by atoms with E-state index in [0.717, 1.165) is 49.1 Å². The second-order valence-electron chi connectivity index (χ2n) is 5.15. The summed E-state index contributed by atoms with van der Waals surface area (Å²) in [5, 5.41) is 4.99. The van der Waals surface area contributed by atoms with Crippen LogP contribution in [0.5, 0.6) is 0 Å². The van der Waals surface area contributed by atoms with Crippen molar-refractivity contribution < 1.29 is 9.15 Å². The summed E-state index contributed by atoms with van der Waals surface area (Å²) in [6.45, 7) is 6.64. The SMILES string of the molecule is CC(C)OCCCCNCc1c(Cl)oc2ccccc12. The monoisotopic (exact) mass is 295 g/mol. The zero-order valence-electron chi connectivity index (χ0n) is 12.1. The molecule has 4 heteroatoms. The Labute approximate surface area is 125 Å². The van der Waals surface area contributed by atoms with Crippen LogP contribution in [0.1, 0.15) is 32.3 Å². The van der Waals surface area contributed by atoms with Gasteiger partial charge in [0.05, 0.1) is 6.10 Å². The molecule has 1 N–H and O–H groups in total. The number of benzene rings is 1. The Morgan fingerprint density at radius 1 is 1.25 bits per heavy atom. The molecule has 2 rings (SSSR count). The van der Waals surface area contributed by atoms with Crippen LogP contribution in [-0.2, 0) is 11.3 Å². The molecule has 0 saturated heterocycles. The molecule has 3 nitrogen and oxygen atoms in total. The highest BCUT2D eigenvalue weighted by Gasteiger charge is 2.10. The van der Waals surface area contributed by atoms with Crippen LogP contribution in [0, 0.1) is 0 Å². The Morgan fingerprint density at radius 2 is 2.05 bits per heavy atom. The molecule has 0 bridgehead atoms. The predicted octanol–water partition coefficient (Wildman–Crippen LogP) is 4.38. The summed E-state index contributed by atoms with van der Waals surface area (Å²) in [5.41, 5.74) is 1.89. The Bertz CT molecular complexity index is 536. The van der Waals surface area contributed by atoms with Gasteiger partial charge in [-0.15, -0.1) is 0 Å². The van der Waals surface area contributed by atoms with E-state index in [4.69, 9.17) is 20.8 Å². The number of rotatable bonds is 8. The molecule has 0 aliphatic rings. The van der Waals surface area contributed by atoms with Crippen molar-refractivity contribution in [1.82, 2.24) is 5.32 Å². The van der Waals surface area contributed by atoms with Crippen molar-refractivity contribution in [2.75, 3.05) is 13.2 Å². The first-order chi connectivity index (χ1) is 9.68. The maximum absolute atomic E-state index is 6.14. The molecule has 0 aliphatic heterocycles. The molecule has 1 heterocycles. The quantitative estimate of drug-likeness (QED) is 0.734. The number of unbranched alkanes of at least 4 members (excludes halogenated alkanes) is 1. The molecule has 20 heavy (non-hydrogen) atoms. The topological polar surface area (TPSA) is 34.4 Å². The first kappa shape index (κ1) is 15.4. The van der Waals surface area contributed by atoms with Crippen molar-refractivity contribution in [2.24, 2.45) is 0 Å². The Morgan fingerprint density at radius 3 is 2.85 bits per heavy atom. The normalized spacial score (nSPS) is 11.6. The standard InChI is InChI=1S/C16H22ClNO2/c1-12(2)19-10-6-5-9-18-11-14-13-7-3-4-8-15(13)20-16(14)17/h3-4,7-8,12,18H,5-6,9-11H2,1-2H3. The smallest absolute Gasteiger partial charge is 0.199 e. The average Bonchev–Trinajstić information content (AvgIpc) is 2.73. The summed E-state index contributed by atoms with van der Waals surface area (Å²) >= 11 is 6.14. The van der Waals surface area contributed by atoms with E-state index in [2.05, 4.69) is 19.2 Å². The maximum atomic E-state index is 6.14. The van der Waals surface area contributed by atoms with Crippen LogP contribution in [0.25, 0.3) is 11.0 Å². The van der Waals surface area contributed by atoms with E-state index < -0.39 is 0 Å². The summed E-state index contributed by atoms with van der Waals surface area (Å²) in [4.78, 5) is 0. The zero-order valence-corrected chi connectivity index (χ0v) is 12.9. The molecule has 0 unspecified atom stereocenters. The van der Waals surface area contributed by atoms with Gasteiger partial charge >= 0.3 is 0 Å². The van der Waals surface area contributed by atoms with Crippen molar-refractivity contribution in [3.63, 3.8) is 0 Å². The lowest BCUT2D eigenvalue weighted by Crippen LogP contribution is -2.15. The predicted molar refractivity (Wildman–Crippen MR) is 83.3 cm³/mol.